The molecule has 1 aromatic carbocycles. The lowest BCUT2D eigenvalue weighted by Crippen LogP contribution is -2.26. The van der Waals surface area contributed by atoms with Gasteiger partial charge in [-0.05, 0) is 24.5 Å². The Kier molecular flexibility index (Phi) is 4.31. The zero-order valence-electron chi connectivity index (χ0n) is 11.2. The van der Waals surface area contributed by atoms with Crippen LogP contribution >= 0.6 is 0 Å². The fourth-order valence-electron chi connectivity index (χ4n) is 1.76. The zero-order chi connectivity index (χ0) is 13.9. The molecule has 6 heteroatoms. The summed E-state index contributed by atoms with van der Waals surface area (Å²) in [6.07, 6.45) is 0.809. The molecule has 0 atom stereocenters. The van der Waals surface area contributed by atoms with Gasteiger partial charge in [-0.1, -0.05) is 13.8 Å². The van der Waals surface area contributed by atoms with Crippen molar-refractivity contribution in [3.05, 3.63) is 18.2 Å². The van der Waals surface area contributed by atoms with Crippen LogP contribution in [0.15, 0.2) is 23.1 Å². The predicted octanol–water partition coefficient (Wildman–Crippen LogP) is 1.78. The molecule has 5 nitrogen and oxygen atoms in total. The van der Waals surface area contributed by atoms with Gasteiger partial charge < -0.3 is 9.47 Å². The molecule has 1 aliphatic heterocycles. The van der Waals surface area contributed by atoms with Gasteiger partial charge in [0.15, 0.2) is 11.5 Å². The number of ether oxygens (including phenoxy) is 2. The number of hydrogen-bond acceptors (Lipinski definition) is 4. The van der Waals surface area contributed by atoms with Crippen LogP contribution in [0.5, 0.6) is 11.5 Å². The third kappa shape index (κ3) is 3.61. The molecule has 0 amide bonds. The molecule has 1 N–H and O–H groups in total. The van der Waals surface area contributed by atoms with E-state index in [4.69, 9.17) is 9.47 Å². The zero-order valence-corrected chi connectivity index (χ0v) is 12.0. The molecule has 2 rings (SSSR count). The molecule has 0 saturated carbocycles. The maximum atomic E-state index is 12.1. The van der Waals surface area contributed by atoms with Crippen molar-refractivity contribution in [1.82, 2.24) is 4.72 Å². The second-order valence-electron chi connectivity index (χ2n) is 4.89. The number of sulfonamides is 1. The van der Waals surface area contributed by atoms with Crippen LogP contribution in [0.4, 0.5) is 0 Å². The molecule has 0 aromatic heterocycles. The van der Waals surface area contributed by atoms with E-state index in [9.17, 15) is 8.42 Å². The van der Waals surface area contributed by atoms with Crippen molar-refractivity contribution in [1.29, 1.82) is 0 Å². The first-order chi connectivity index (χ1) is 8.99. The SMILES string of the molecule is CC(C)CCNS(=O)(=O)c1ccc2c(c1)OCCO2. The number of fused-ring (bicyclic) bond motifs is 1. The van der Waals surface area contributed by atoms with Gasteiger partial charge in [0.25, 0.3) is 0 Å². The Labute approximate surface area is 114 Å². The van der Waals surface area contributed by atoms with E-state index >= 15 is 0 Å². The summed E-state index contributed by atoms with van der Waals surface area (Å²) in [6.45, 7) is 5.48. The van der Waals surface area contributed by atoms with Crippen molar-refractivity contribution in [2.75, 3.05) is 19.8 Å². The lowest BCUT2D eigenvalue weighted by atomic mass is 10.1. The summed E-state index contributed by atoms with van der Waals surface area (Å²) in [4.78, 5) is 0.209. The highest BCUT2D eigenvalue weighted by Gasteiger charge is 2.18. The maximum absolute atomic E-state index is 12.1. The van der Waals surface area contributed by atoms with Crippen molar-refractivity contribution in [2.24, 2.45) is 5.92 Å². The lowest BCUT2D eigenvalue weighted by molar-refractivity contribution is 0.171. The molecular weight excluding hydrogens is 266 g/mol. The van der Waals surface area contributed by atoms with Gasteiger partial charge in [0.1, 0.15) is 13.2 Å². The predicted molar refractivity (Wildman–Crippen MR) is 72.1 cm³/mol. The standard InChI is InChI=1S/C13H19NO4S/c1-10(2)5-6-14-19(15,16)11-3-4-12-13(9-11)18-8-7-17-12/h3-4,9-10,14H,5-8H2,1-2H3. The first-order valence-corrected chi connectivity index (χ1v) is 7.86. The second-order valence-corrected chi connectivity index (χ2v) is 6.65. The first-order valence-electron chi connectivity index (χ1n) is 6.38. The van der Waals surface area contributed by atoms with E-state index in [2.05, 4.69) is 18.6 Å². The Bertz CT molecular complexity index is 540. The molecule has 0 spiro atoms. The highest BCUT2D eigenvalue weighted by molar-refractivity contribution is 7.89. The lowest BCUT2D eigenvalue weighted by Gasteiger charge is -2.19. The normalized spacial score (nSPS) is 14.7. The summed E-state index contributed by atoms with van der Waals surface area (Å²) in [7, 11) is -3.47. The average molecular weight is 285 g/mol. The van der Waals surface area contributed by atoms with E-state index in [1.54, 1.807) is 6.07 Å². The molecule has 106 valence electrons. The smallest absolute Gasteiger partial charge is 0.240 e. The van der Waals surface area contributed by atoms with Crippen molar-refractivity contribution in [3.8, 4) is 11.5 Å². The monoisotopic (exact) mass is 285 g/mol. The van der Waals surface area contributed by atoms with Crippen molar-refractivity contribution in [2.45, 2.75) is 25.2 Å². The Morgan fingerprint density at radius 3 is 2.58 bits per heavy atom. The van der Waals surface area contributed by atoms with E-state index in [-0.39, 0.29) is 4.90 Å². The summed E-state index contributed by atoms with van der Waals surface area (Å²) in [5, 5.41) is 0. The second kappa shape index (κ2) is 5.79. The Morgan fingerprint density at radius 1 is 1.21 bits per heavy atom. The largest absolute Gasteiger partial charge is 0.486 e. The van der Waals surface area contributed by atoms with Crippen molar-refractivity contribution >= 4 is 10.0 Å². The van der Waals surface area contributed by atoms with Gasteiger partial charge in [0.05, 0.1) is 4.90 Å². The first kappa shape index (κ1) is 14.1. The molecule has 0 fully saturated rings. The van der Waals surface area contributed by atoms with E-state index in [1.807, 2.05) is 0 Å². The molecular formula is C13H19NO4S. The van der Waals surface area contributed by atoms with Gasteiger partial charge >= 0.3 is 0 Å². The summed E-state index contributed by atoms with van der Waals surface area (Å²) in [5.74, 6) is 1.54. The van der Waals surface area contributed by atoms with E-state index < -0.39 is 10.0 Å². The molecule has 0 aliphatic carbocycles. The summed E-state index contributed by atoms with van der Waals surface area (Å²) in [5.41, 5.74) is 0. The Morgan fingerprint density at radius 2 is 1.89 bits per heavy atom. The molecule has 0 radical (unpaired) electrons. The number of rotatable bonds is 5. The highest BCUT2D eigenvalue weighted by Crippen LogP contribution is 2.32. The summed E-state index contributed by atoms with van der Waals surface area (Å²) < 4.78 is 37.5. The number of hydrogen-bond donors (Lipinski definition) is 1. The van der Waals surface area contributed by atoms with E-state index in [1.165, 1.54) is 12.1 Å². The highest BCUT2D eigenvalue weighted by atomic mass is 32.2. The van der Waals surface area contributed by atoms with Gasteiger partial charge in [-0.25, -0.2) is 13.1 Å². The van der Waals surface area contributed by atoms with E-state index in [0.29, 0.717) is 37.2 Å². The molecule has 19 heavy (non-hydrogen) atoms. The van der Waals surface area contributed by atoms with Crippen LogP contribution in [0.2, 0.25) is 0 Å². The molecule has 0 saturated heterocycles. The number of nitrogens with one attached hydrogen (secondary N) is 1. The van der Waals surface area contributed by atoms with Crippen LogP contribution in [0, 0.1) is 5.92 Å². The van der Waals surface area contributed by atoms with Crippen LogP contribution in [-0.2, 0) is 10.0 Å². The quantitative estimate of drug-likeness (QED) is 0.895. The molecule has 1 aromatic rings. The van der Waals surface area contributed by atoms with Crippen LogP contribution in [-0.4, -0.2) is 28.2 Å². The molecule has 1 heterocycles. The van der Waals surface area contributed by atoms with E-state index in [0.717, 1.165) is 6.42 Å². The fraction of sp³-hybridized carbons (Fsp3) is 0.538. The Hall–Kier alpha value is -1.27. The molecule has 0 bridgehead atoms. The topological polar surface area (TPSA) is 64.6 Å². The van der Waals surface area contributed by atoms with Crippen LogP contribution in [0.1, 0.15) is 20.3 Å². The Balaban J connectivity index is 2.12. The van der Waals surface area contributed by atoms with Gasteiger partial charge in [0.2, 0.25) is 10.0 Å². The van der Waals surface area contributed by atoms with Gasteiger partial charge in [0, 0.05) is 12.6 Å². The fourth-order valence-corrected chi connectivity index (χ4v) is 2.82. The van der Waals surface area contributed by atoms with Crippen LogP contribution in [0.3, 0.4) is 0 Å². The van der Waals surface area contributed by atoms with Crippen molar-refractivity contribution < 1.29 is 17.9 Å². The third-order valence-electron chi connectivity index (χ3n) is 2.84. The maximum Gasteiger partial charge on any atom is 0.240 e. The minimum atomic E-state index is -3.47. The van der Waals surface area contributed by atoms with Crippen molar-refractivity contribution in [3.63, 3.8) is 0 Å². The third-order valence-corrected chi connectivity index (χ3v) is 4.30. The molecule has 0 unspecified atom stereocenters. The number of benzene rings is 1. The minimum absolute atomic E-state index is 0.209. The summed E-state index contributed by atoms with van der Waals surface area (Å²) in [6, 6.07) is 4.67. The summed E-state index contributed by atoms with van der Waals surface area (Å²) >= 11 is 0. The van der Waals surface area contributed by atoms with Crippen LogP contribution < -0.4 is 14.2 Å². The molecule has 1 aliphatic rings. The van der Waals surface area contributed by atoms with Gasteiger partial charge in [-0.2, -0.15) is 0 Å². The average Bonchev–Trinajstić information content (AvgIpc) is 2.37. The van der Waals surface area contributed by atoms with Gasteiger partial charge in [-0.3, -0.25) is 0 Å². The minimum Gasteiger partial charge on any atom is -0.486 e. The van der Waals surface area contributed by atoms with Gasteiger partial charge in [-0.15, -0.1) is 0 Å². The van der Waals surface area contributed by atoms with Crippen LogP contribution in [0.25, 0.3) is 0 Å².